The maximum atomic E-state index is 13.4. The lowest BCUT2D eigenvalue weighted by atomic mass is 10.0. The summed E-state index contributed by atoms with van der Waals surface area (Å²) in [5.41, 5.74) is 5.85. The molecule has 4 rings (SSSR count). The smallest absolute Gasteiger partial charge is 0.281 e. The molecule has 0 aliphatic heterocycles. The van der Waals surface area contributed by atoms with Crippen molar-refractivity contribution in [2.24, 2.45) is 22.6 Å². The van der Waals surface area contributed by atoms with Crippen LogP contribution in [0, 0.1) is 29.1 Å². The van der Waals surface area contributed by atoms with Crippen LogP contribution in [-0.2, 0) is 0 Å². The van der Waals surface area contributed by atoms with Gasteiger partial charge in [-0.3, -0.25) is 15.2 Å². The molecule has 2 fully saturated rings. The van der Waals surface area contributed by atoms with E-state index in [1.165, 1.54) is 25.6 Å². The minimum Gasteiger partial charge on any atom is -0.494 e. The van der Waals surface area contributed by atoms with Crippen molar-refractivity contribution in [3.05, 3.63) is 35.8 Å². The van der Waals surface area contributed by atoms with Crippen LogP contribution in [0.15, 0.2) is 29.5 Å². The molecule has 2 aliphatic rings. The fraction of sp³-hybridized carbons (Fsp3) is 0.375. The lowest BCUT2D eigenvalue weighted by molar-refractivity contribution is 0.100. The largest absolute Gasteiger partial charge is 0.494 e. The number of alkyl halides is 2. The molecule has 1 amide bonds. The Hall–Kier alpha value is -3.52. The molecule has 2 aromatic heterocycles. The van der Waals surface area contributed by atoms with Crippen LogP contribution >= 0.6 is 11.8 Å². The summed E-state index contributed by atoms with van der Waals surface area (Å²) in [5, 5.41) is 7.70. The zero-order valence-electron chi connectivity index (χ0n) is 18.9. The molecule has 2 aromatic rings. The fourth-order valence-corrected chi connectivity index (χ4v) is 3.50. The summed E-state index contributed by atoms with van der Waals surface area (Å²) in [6, 6.07) is 2.65. The number of amides is 1. The van der Waals surface area contributed by atoms with Crippen LogP contribution in [-0.4, -0.2) is 39.8 Å². The highest BCUT2D eigenvalue weighted by Gasteiger charge is 2.24. The lowest BCUT2D eigenvalue weighted by Crippen LogP contribution is -2.13. The summed E-state index contributed by atoms with van der Waals surface area (Å²) >= 11 is 0.767. The van der Waals surface area contributed by atoms with E-state index in [1.807, 2.05) is 0 Å². The molecule has 0 unspecified atom stereocenters. The number of ether oxygens (including phenoxy) is 2. The molecule has 0 bridgehead atoms. The standard InChI is InChI=1S/C24H23F2N5O3S/c1-33-19-11-29-18(22(25)26)8-16(19)15-9-21(34-12-14-4-5-14)30-10-17(15)23(32)31-24(28)35-20(27)7-6-13-2-3-13/h8-11,13-14,22,27H,2-5,12H2,1H3,(H2,28,31,32). The normalized spacial score (nSPS) is 15.4. The molecule has 0 aromatic carbocycles. The minimum atomic E-state index is -2.82. The Morgan fingerprint density at radius 1 is 1.26 bits per heavy atom. The van der Waals surface area contributed by atoms with Crippen LogP contribution in [0.25, 0.3) is 11.1 Å². The van der Waals surface area contributed by atoms with Gasteiger partial charge in [-0.15, -0.1) is 0 Å². The van der Waals surface area contributed by atoms with Crippen LogP contribution in [0.4, 0.5) is 8.78 Å². The van der Waals surface area contributed by atoms with E-state index in [0.717, 1.165) is 43.5 Å². The first kappa shape index (κ1) is 24.6. The number of amidine groups is 1. The van der Waals surface area contributed by atoms with Crippen molar-refractivity contribution in [2.45, 2.75) is 32.1 Å². The molecule has 2 heterocycles. The Kier molecular flexibility index (Phi) is 7.60. The Labute approximate surface area is 205 Å². The van der Waals surface area contributed by atoms with Gasteiger partial charge in [-0.2, -0.15) is 4.99 Å². The SMILES string of the molecule is COc1cnc(C(F)F)cc1-c1cc(OCC2CC2)ncc1C(=O)N=C(N)SC(=N)C#CC1CC1. The van der Waals surface area contributed by atoms with E-state index >= 15 is 0 Å². The molecule has 182 valence electrons. The Balaban J connectivity index is 1.66. The van der Waals surface area contributed by atoms with E-state index in [2.05, 4.69) is 26.8 Å². The van der Waals surface area contributed by atoms with E-state index in [-0.39, 0.29) is 38.5 Å². The molecule has 11 heteroatoms. The molecule has 2 aliphatic carbocycles. The Morgan fingerprint density at radius 2 is 2.03 bits per heavy atom. The van der Waals surface area contributed by atoms with Gasteiger partial charge in [0.05, 0.1) is 25.5 Å². The molecule has 0 spiro atoms. The third-order valence-electron chi connectivity index (χ3n) is 5.28. The number of carbonyl (C=O) groups excluding carboxylic acids is 1. The van der Waals surface area contributed by atoms with E-state index in [9.17, 15) is 13.6 Å². The number of aliphatic imine (C=N–C) groups is 1. The van der Waals surface area contributed by atoms with Gasteiger partial charge in [0.2, 0.25) is 5.88 Å². The van der Waals surface area contributed by atoms with Crippen LogP contribution in [0.1, 0.15) is 48.2 Å². The molecule has 0 radical (unpaired) electrons. The molecular formula is C24H23F2N5O3S. The van der Waals surface area contributed by atoms with Crippen molar-refractivity contribution >= 4 is 27.9 Å². The highest BCUT2D eigenvalue weighted by molar-refractivity contribution is 8.26. The number of hydrogen-bond acceptors (Lipinski definition) is 7. The van der Waals surface area contributed by atoms with E-state index in [0.29, 0.717) is 18.4 Å². The van der Waals surface area contributed by atoms with Crippen molar-refractivity contribution in [1.82, 2.24) is 9.97 Å². The average molecular weight is 500 g/mol. The first-order valence-corrected chi connectivity index (χ1v) is 11.8. The van der Waals surface area contributed by atoms with E-state index < -0.39 is 18.0 Å². The highest BCUT2D eigenvalue weighted by atomic mass is 32.2. The summed E-state index contributed by atoms with van der Waals surface area (Å²) < 4.78 is 37.8. The van der Waals surface area contributed by atoms with Gasteiger partial charge in [0, 0.05) is 29.3 Å². The first-order valence-electron chi connectivity index (χ1n) is 11.0. The van der Waals surface area contributed by atoms with Crippen molar-refractivity contribution in [3.8, 4) is 34.6 Å². The number of pyridine rings is 2. The Bertz CT molecular complexity index is 1230. The highest BCUT2D eigenvalue weighted by Crippen LogP contribution is 2.37. The molecule has 35 heavy (non-hydrogen) atoms. The molecule has 0 atom stereocenters. The molecule has 3 N–H and O–H groups in total. The number of nitrogens with zero attached hydrogens (tertiary/aromatic N) is 3. The fourth-order valence-electron chi connectivity index (χ4n) is 3.06. The number of nitrogens with two attached hydrogens (primary N) is 1. The maximum absolute atomic E-state index is 13.4. The number of thioether (sulfide) groups is 1. The second-order valence-corrected chi connectivity index (χ2v) is 9.19. The third kappa shape index (κ3) is 6.76. The number of halogens is 2. The summed E-state index contributed by atoms with van der Waals surface area (Å²) in [7, 11) is 1.37. The summed E-state index contributed by atoms with van der Waals surface area (Å²) in [6.07, 6.45) is 3.81. The zero-order valence-corrected chi connectivity index (χ0v) is 19.7. The average Bonchev–Trinajstić information content (AvgIpc) is 3.75. The molecular weight excluding hydrogens is 476 g/mol. The van der Waals surface area contributed by atoms with Gasteiger partial charge in [0.1, 0.15) is 16.5 Å². The second kappa shape index (κ2) is 10.8. The number of hydrogen-bond donors (Lipinski definition) is 2. The topological polar surface area (TPSA) is 124 Å². The monoisotopic (exact) mass is 499 g/mol. The van der Waals surface area contributed by atoms with Gasteiger partial charge in [0.25, 0.3) is 12.3 Å². The van der Waals surface area contributed by atoms with Crippen molar-refractivity contribution in [2.75, 3.05) is 13.7 Å². The number of methoxy groups -OCH3 is 1. The van der Waals surface area contributed by atoms with E-state index in [4.69, 9.17) is 20.6 Å². The van der Waals surface area contributed by atoms with Crippen molar-refractivity contribution in [1.29, 1.82) is 5.41 Å². The van der Waals surface area contributed by atoms with Crippen molar-refractivity contribution < 1.29 is 23.0 Å². The van der Waals surface area contributed by atoms with Crippen LogP contribution < -0.4 is 15.2 Å². The first-order chi connectivity index (χ1) is 16.8. The maximum Gasteiger partial charge on any atom is 0.281 e. The number of nitrogens with one attached hydrogen (secondary N) is 1. The summed E-state index contributed by atoms with van der Waals surface area (Å²) in [5.74, 6) is 6.08. The predicted octanol–water partition coefficient (Wildman–Crippen LogP) is 4.46. The zero-order chi connectivity index (χ0) is 24.9. The minimum absolute atomic E-state index is 0.00707. The number of rotatable bonds is 7. The third-order valence-corrected chi connectivity index (χ3v) is 5.89. The van der Waals surface area contributed by atoms with Gasteiger partial charge < -0.3 is 15.2 Å². The van der Waals surface area contributed by atoms with Gasteiger partial charge in [0.15, 0.2) is 5.17 Å². The van der Waals surface area contributed by atoms with E-state index in [1.54, 1.807) is 0 Å². The van der Waals surface area contributed by atoms with Crippen LogP contribution in [0.3, 0.4) is 0 Å². The number of aromatic nitrogens is 2. The summed E-state index contributed by atoms with van der Waals surface area (Å²) in [4.78, 5) is 24.8. The second-order valence-electron chi connectivity index (χ2n) is 8.16. The van der Waals surface area contributed by atoms with Gasteiger partial charge in [-0.05, 0) is 55.3 Å². The van der Waals surface area contributed by atoms with Crippen LogP contribution in [0.2, 0.25) is 0 Å². The predicted molar refractivity (Wildman–Crippen MR) is 129 cm³/mol. The van der Waals surface area contributed by atoms with Crippen LogP contribution in [0.5, 0.6) is 11.6 Å². The van der Waals surface area contributed by atoms with Gasteiger partial charge in [-0.25, -0.2) is 13.8 Å². The molecule has 2 saturated carbocycles. The molecule has 8 nitrogen and oxygen atoms in total. The molecule has 0 saturated heterocycles. The van der Waals surface area contributed by atoms with Crippen molar-refractivity contribution in [3.63, 3.8) is 0 Å². The quantitative estimate of drug-likeness (QED) is 0.328. The lowest BCUT2D eigenvalue weighted by Gasteiger charge is -2.14. The summed E-state index contributed by atoms with van der Waals surface area (Å²) in [6.45, 7) is 0.473. The number of carbonyl (C=O) groups is 1. The van der Waals surface area contributed by atoms with Gasteiger partial charge >= 0.3 is 0 Å². The Morgan fingerprint density at radius 3 is 2.69 bits per heavy atom. The van der Waals surface area contributed by atoms with Gasteiger partial charge in [-0.1, -0.05) is 5.92 Å².